The second-order valence-electron chi connectivity index (χ2n) is 5.71. The van der Waals surface area contributed by atoms with E-state index in [2.05, 4.69) is 29.6 Å². The number of benzene rings is 2. The third-order valence-electron chi connectivity index (χ3n) is 3.82. The van der Waals surface area contributed by atoms with Crippen molar-refractivity contribution in [1.82, 2.24) is 5.32 Å². The van der Waals surface area contributed by atoms with Crippen molar-refractivity contribution in [3.63, 3.8) is 0 Å². The van der Waals surface area contributed by atoms with Crippen molar-refractivity contribution >= 4 is 5.97 Å². The highest BCUT2D eigenvalue weighted by Gasteiger charge is 2.15. The highest BCUT2D eigenvalue weighted by molar-refractivity contribution is 5.72. The van der Waals surface area contributed by atoms with Gasteiger partial charge in [-0.3, -0.25) is 4.79 Å². The van der Waals surface area contributed by atoms with Crippen LogP contribution in [0.1, 0.15) is 18.1 Å². The third-order valence-corrected chi connectivity index (χ3v) is 3.82. The van der Waals surface area contributed by atoms with Crippen molar-refractivity contribution in [1.29, 1.82) is 0 Å². The van der Waals surface area contributed by atoms with Gasteiger partial charge in [0, 0.05) is 0 Å². The van der Waals surface area contributed by atoms with Crippen molar-refractivity contribution in [3.05, 3.63) is 71.8 Å². The van der Waals surface area contributed by atoms with Crippen LogP contribution in [0.4, 0.5) is 0 Å². The Labute approximate surface area is 132 Å². The summed E-state index contributed by atoms with van der Waals surface area (Å²) < 4.78 is 0. The van der Waals surface area contributed by atoms with E-state index in [4.69, 9.17) is 5.11 Å². The van der Waals surface area contributed by atoms with Gasteiger partial charge in [0.2, 0.25) is 0 Å². The molecule has 0 aliphatic heterocycles. The molecule has 0 unspecified atom stereocenters. The van der Waals surface area contributed by atoms with E-state index in [1.165, 1.54) is 11.1 Å². The lowest BCUT2D eigenvalue weighted by molar-refractivity contribution is -0.139. The molecule has 0 radical (unpaired) electrons. The summed E-state index contributed by atoms with van der Waals surface area (Å²) in [6.07, 6.45) is 1.88. The van der Waals surface area contributed by atoms with E-state index >= 15 is 0 Å². The number of hydrogen-bond donors (Lipinski definition) is 2. The van der Waals surface area contributed by atoms with Crippen LogP contribution in [-0.2, 0) is 17.6 Å². The largest absolute Gasteiger partial charge is 0.480 e. The number of rotatable bonds is 8. The molecule has 0 aliphatic rings. The molecule has 2 rings (SSSR count). The summed E-state index contributed by atoms with van der Waals surface area (Å²) in [5.74, 6) is -0.440. The molecule has 0 aromatic heterocycles. The molecule has 0 saturated carbocycles. The van der Waals surface area contributed by atoms with Crippen molar-refractivity contribution in [2.75, 3.05) is 6.54 Å². The zero-order valence-electron chi connectivity index (χ0n) is 12.9. The maximum Gasteiger partial charge on any atom is 0.320 e. The Balaban J connectivity index is 2.01. The Morgan fingerprint density at radius 1 is 0.955 bits per heavy atom. The zero-order valence-corrected chi connectivity index (χ0v) is 12.9. The van der Waals surface area contributed by atoms with Crippen LogP contribution in [0.2, 0.25) is 0 Å². The highest BCUT2D eigenvalue weighted by Crippen LogP contribution is 2.14. The minimum Gasteiger partial charge on any atom is -0.480 e. The van der Waals surface area contributed by atoms with Gasteiger partial charge in [0.25, 0.3) is 0 Å². The minimum absolute atomic E-state index is 0.367. The highest BCUT2D eigenvalue weighted by atomic mass is 16.4. The van der Waals surface area contributed by atoms with Gasteiger partial charge >= 0.3 is 5.97 Å². The summed E-state index contributed by atoms with van der Waals surface area (Å²) in [6.45, 7) is 2.38. The maximum absolute atomic E-state index is 11.0. The average molecular weight is 297 g/mol. The Morgan fingerprint density at radius 3 is 1.82 bits per heavy atom. The Bertz CT molecular complexity index is 527. The number of hydrogen-bond acceptors (Lipinski definition) is 2. The first kappa shape index (κ1) is 16.2. The molecular weight excluding hydrogens is 274 g/mol. The van der Waals surface area contributed by atoms with E-state index in [1.54, 1.807) is 6.92 Å². The van der Waals surface area contributed by atoms with E-state index in [0.717, 1.165) is 12.8 Å². The third kappa shape index (κ3) is 5.34. The number of carboxylic acids is 1. The van der Waals surface area contributed by atoms with Crippen LogP contribution in [0, 0.1) is 5.92 Å². The van der Waals surface area contributed by atoms with Gasteiger partial charge in [0.05, 0.1) is 0 Å². The standard InChI is InChI=1S/C19H23NO2/c1-15(19(21)22)20-14-18(12-16-8-4-2-5-9-16)13-17-10-6-3-7-11-17/h2-11,15,18,20H,12-14H2,1H3,(H,21,22)/t15-/m1/s1. The quantitative estimate of drug-likeness (QED) is 0.787. The van der Waals surface area contributed by atoms with Crippen molar-refractivity contribution in [2.24, 2.45) is 5.92 Å². The topological polar surface area (TPSA) is 49.3 Å². The van der Waals surface area contributed by atoms with Crippen LogP contribution in [-0.4, -0.2) is 23.7 Å². The summed E-state index contributed by atoms with van der Waals surface area (Å²) in [5, 5.41) is 12.1. The number of nitrogens with one attached hydrogen (secondary N) is 1. The fourth-order valence-corrected chi connectivity index (χ4v) is 2.54. The van der Waals surface area contributed by atoms with Crippen LogP contribution in [0.15, 0.2) is 60.7 Å². The number of aliphatic carboxylic acids is 1. The van der Waals surface area contributed by atoms with E-state index in [1.807, 2.05) is 36.4 Å². The van der Waals surface area contributed by atoms with Crippen LogP contribution in [0.25, 0.3) is 0 Å². The Hall–Kier alpha value is -2.13. The predicted octanol–water partition coefficient (Wildman–Crippen LogP) is 3.15. The van der Waals surface area contributed by atoms with Crippen molar-refractivity contribution in [2.45, 2.75) is 25.8 Å². The van der Waals surface area contributed by atoms with Gasteiger partial charge in [-0.25, -0.2) is 0 Å². The molecule has 0 heterocycles. The van der Waals surface area contributed by atoms with Gasteiger partial charge in [0.1, 0.15) is 6.04 Å². The lowest BCUT2D eigenvalue weighted by atomic mass is 9.92. The first-order chi connectivity index (χ1) is 10.6. The van der Waals surface area contributed by atoms with Crippen molar-refractivity contribution < 1.29 is 9.90 Å². The minimum atomic E-state index is -0.807. The molecule has 3 heteroatoms. The monoisotopic (exact) mass is 297 g/mol. The first-order valence-corrected chi connectivity index (χ1v) is 7.69. The van der Waals surface area contributed by atoms with Gasteiger partial charge in [0.15, 0.2) is 0 Å². The molecule has 0 fully saturated rings. The molecule has 2 aromatic rings. The fourth-order valence-electron chi connectivity index (χ4n) is 2.54. The molecule has 116 valence electrons. The Morgan fingerprint density at radius 2 is 1.41 bits per heavy atom. The van der Waals surface area contributed by atoms with Crippen molar-refractivity contribution in [3.8, 4) is 0 Å². The Kier molecular flexibility index (Phi) is 6.16. The average Bonchev–Trinajstić information content (AvgIpc) is 2.54. The molecule has 2 aromatic carbocycles. The van der Waals surface area contributed by atoms with E-state index in [-0.39, 0.29) is 0 Å². The molecule has 2 N–H and O–H groups in total. The van der Waals surface area contributed by atoms with Crippen LogP contribution in [0.3, 0.4) is 0 Å². The number of carbonyl (C=O) groups is 1. The predicted molar refractivity (Wildman–Crippen MR) is 88.9 cm³/mol. The van der Waals surface area contributed by atoms with Gasteiger partial charge in [-0.05, 0) is 43.4 Å². The van der Waals surface area contributed by atoms with E-state index in [9.17, 15) is 4.79 Å². The van der Waals surface area contributed by atoms with Gasteiger partial charge in [-0.2, -0.15) is 0 Å². The van der Waals surface area contributed by atoms with Crippen LogP contribution in [0.5, 0.6) is 0 Å². The van der Waals surface area contributed by atoms with E-state index in [0.29, 0.717) is 12.5 Å². The molecule has 0 aliphatic carbocycles. The normalized spacial score (nSPS) is 12.3. The first-order valence-electron chi connectivity index (χ1n) is 7.69. The molecule has 0 amide bonds. The second kappa shape index (κ2) is 8.35. The molecule has 3 nitrogen and oxygen atoms in total. The van der Waals surface area contributed by atoms with E-state index < -0.39 is 12.0 Å². The van der Waals surface area contributed by atoms with Crippen LogP contribution < -0.4 is 5.32 Å². The SMILES string of the molecule is C[C@@H](NCC(Cc1ccccc1)Cc1ccccc1)C(=O)O. The van der Waals surface area contributed by atoms with Gasteiger partial charge < -0.3 is 10.4 Å². The summed E-state index contributed by atoms with van der Waals surface area (Å²) >= 11 is 0. The number of carboxylic acid groups (broad SMARTS) is 1. The van der Waals surface area contributed by atoms with Gasteiger partial charge in [-0.15, -0.1) is 0 Å². The molecule has 0 bridgehead atoms. The molecular formula is C19H23NO2. The smallest absolute Gasteiger partial charge is 0.320 e. The van der Waals surface area contributed by atoms with Crippen LogP contribution >= 0.6 is 0 Å². The lowest BCUT2D eigenvalue weighted by Crippen LogP contribution is -2.38. The molecule has 1 atom stereocenters. The van der Waals surface area contributed by atoms with Gasteiger partial charge in [-0.1, -0.05) is 60.7 Å². The summed E-state index contributed by atoms with van der Waals surface area (Å²) in [7, 11) is 0. The molecule has 22 heavy (non-hydrogen) atoms. The maximum atomic E-state index is 11.0. The summed E-state index contributed by atoms with van der Waals surface area (Å²) in [5.41, 5.74) is 2.57. The molecule has 0 spiro atoms. The second-order valence-corrected chi connectivity index (χ2v) is 5.71. The summed E-state index contributed by atoms with van der Waals surface area (Å²) in [4.78, 5) is 11.0. The zero-order chi connectivity index (χ0) is 15.8. The fraction of sp³-hybridized carbons (Fsp3) is 0.316. The molecule has 0 saturated heterocycles. The summed E-state index contributed by atoms with van der Waals surface area (Å²) in [6, 6.07) is 20.2. The lowest BCUT2D eigenvalue weighted by Gasteiger charge is -2.19.